The van der Waals surface area contributed by atoms with Gasteiger partial charge in [-0.3, -0.25) is 9.89 Å². The van der Waals surface area contributed by atoms with E-state index in [1.807, 2.05) is 30.3 Å². The molecule has 0 aliphatic heterocycles. The number of aromatic nitrogens is 2. The Morgan fingerprint density at radius 3 is 2.86 bits per heavy atom. The van der Waals surface area contributed by atoms with Crippen molar-refractivity contribution >= 4 is 11.6 Å². The molecule has 4 N–H and O–H groups in total. The third-order valence-corrected chi connectivity index (χ3v) is 3.43. The highest BCUT2D eigenvalue weighted by Crippen LogP contribution is 2.42. The van der Waals surface area contributed by atoms with Gasteiger partial charge >= 0.3 is 0 Å². The summed E-state index contributed by atoms with van der Waals surface area (Å²) in [6.45, 7) is 0.800. The van der Waals surface area contributed by atoms with Gasteiger partial charge < -0.3 is 15.8 Å². The number of hydrogen-bond acceptors (Lipinski definition) is 4. The summed E-state index contributed by atoms with van der Waals surface area (Å²) < 4.78 is 5.50. The number of nitrogen functional groups attached to an aromatic ring is 1. The number of ether oxygens (including phenoxy) is 1. The molecule has 1 saturated carbocycles. The normalized spacial score (nSPS) is 13.9. The van der Waals surface area contributed by atoms with E-state index in [0.29, 0.717) is 24.8 Å². The summed E-state index contributed by atoms with van der Waals surface area (Å²) in [6.07, 6.45) is 2.22. The number of H-pyrrole nitrogens is 1. The number of anilines is 1. The molecule has 21 heavy (non-hydrogen) atoms. The summed E-state index contributed by atoms with van der Waals surface area (Å²) in [7, 11) is 0. The lowest BCUT2D eigenvalue weighted by atomic mass is 10.2. The van der Waals surface area contributed by atoms with E-state index in [1.165, 1.54) is 0 Å². The predicted octanol–water partition coefficient (Wildman–Crippen LogP) is 1.68. The number of nitrogens with two attached hydrogens (primary N) is 1. The minimum Gasteiger partial charge on any atom is -0.492 e. The predicted molar refractivity (Wildman–Crippen MR) is 79.2 cm³/mol. The number of amides is 1. The van der Waals surface area contributed by atoms with Crippen molar-refractivity contribution in [3.8, 4) is 5.75 Å². The molecule has 110 valence electrons. The van der Waals surface area contributed by atoms with E-state index >= 15 is 0 Å². The van der Waals surface area contributed by atoms with E-state index in [1.54, 1.807) is 0 Å². The van der Waals surface area contributed by atoms with Crippen LogP contribution in [-0.4, -0.2) is 29.3 Å². The molecule has 0 atom stereocenters. The van der Waals surface area contributed by atoms with Crippen molar-refractivity contribution in [1.29, 1.82) is 0 Å². The maximum absolute atomic E-state index is 12.0. The van der Waals surface area contributed by atoms with Gasteiger partial charge in [0.25, 0.3) is 5.91 Å². The molecule has 1 aliphatic rings. The minimum atomic E-state index is -0.271. The van der Waals surface area contributed by atoms with Crippen molar-refractivity contribution < 1.29 is 9.53 Å². The molecule has 0 radical (unpaired) electrons. The Morgan fingerprint density at radius 1 is 1.38 bits per heavy atom. The second-order valence-electron chi connectivity index (χ2n) is 5.09. The zero-order chi connectivity index (χ0) is 14.7. The smallest absolute Gasteiger partial charge is 0.274 e. The molecule has 0 spiro atoms. The maximum atomic E-state index is 12.0. The summed E-state index contributed by atoms with van der Waals surface area (Å²) in [4.78, 5) is 12.0. The number of nitrogens with zero attached hydrogens (tertiary/aromatic N) is 1. The molecular formula is C15H18N4O2. The van der Waals surface area contributed by atoms with Crippen molar-refractivity contribution in [2.75, 3.05) is 18.9 Å². The minimum absolute atomic E-state index is 0.271. The van der Waals surface area contributed by atoms with Gasteiger partial charge in [-0.05, 0) is 25.0 Å². The van der Waals surface area contributed by atoms with E-state index < -0.39 is 0 Å². The van der Waals surface area contributed by atoms with Crippen molar-refractivity contribution in [1.82, 2.24) is 15.5 Å². The summed E-state index contributed by atoms with van der Waals surface area (Å²) in [5, 5.41) is 9.63. The molecule has 1 aliphatic carbocycles. The monoisotopic (exact) mass is 286 g/mol. The number of hydrogen-bond donors (Lipinski definition) is 3. The highest BCUT2D eigenvalue weighted by atomic mass is 16.5. The topological polar surface area (TPSA) is 93.0 Å². The molecule has 1 heterocycles. The Balaban J connectivity index is 1.48. The van der Waals surface area contributed by atoms with Crippen molar-refractivity contribution in [2.45, 2.75) is 18.8 Å². The molecule has 0 unspecified atom stereocenters. The second-order valence-corrected chi connectivity index (χ2v) is 5.09. The fourth-order valence-corrected chi connectivity index (χ4v) is 2.15. The second kappa shape index (κ2) is 5.87. The van der Waals surface area contributed by atoms with Crippen molar-refractivity contribution in [2.24, 2.45) is 0 Å². The molecule has 0 saturated heterocycles. The molecule has 1 amide bonds. The van der Waals surface area contributed by atoms with Crippen molar-refractivity contribution in [3.63, 3.8) is 0 Å². The molecule has 6 heteroatoms. The first-order chi connectivity index (χ1) is 10.3. The number of carbonyl (C=O) groups excluding carboxylic acids is 1. The van der Waals surface area contributed by atoms with Crippen LogP contribution in [-0.2, 0) is 0 Å². The van der Waals surface area contributed by atoms with Crippen LogP contribution in [0.2, 0.25) is 0 Å². The lowest BCUT2D eigenvalue weighted by Gasteiger charge is -2.07. The standard InChI is InChI=1S/C15H18N4O2/c16-12-13(10-6-7-10)18-19-14(12)15(20)17-8-9-21-11-4-2-1-3-5-11/h1-5,10H,6-9,16H2,(H,17,20)(H,18,19). The van der Waals surface area contributed by atoms with Crippen LogP contribution in [0.25, 0.3) is 0 Å². The largest absolute Gasteiger partial charge is 0.492 e. The number of benzene rings is 1. The van der Waals surface area contributed by atoms with Crippen LogP contribution in [0, 0.1) is 0 Å². The zero-order valence-corrected chi connectivity index (χ0v) is 11.6. The first-order valence-corrected chi connectivity index (χ1v) is 7.05. The number of para-hydroxylation sites is 1. The first-order valence-electron chi connectivity index (χ1n) is 7.05. The van der Waals surface area contributed by atoms with Gasteiger partial charge in [-0.2, -0.15) is 5.10 Å². The quantitative estimate of drug-likeness (QED) is 0.704. The van der Waals surface area contributed by atoms with Crippen LogP contribution in [0.1, 0.15) is 34.9 Å². The van der Waals surface area contributed by atoms with Crippen LogP contribution >= 0.6 is 0 Å². The molecule has 3 rings (SSSR count). The highest BCUT2D eigenvalue weighted by Gasteiger charge is 2.30. The molecule has 1 fully saturated rings. The summed E-state index contributed by atoms with van der Waals surface area (Å²) in [5.74, 6) is 0.954. The van der Waals surface area contributed by atoms with E-state index in [-0.39, 0.29) is 11.6 Å². The van der Waals surface area contributed by atoms with Crippen LogP contribution in [0.4, 0.5) is 5.69 Å². The summed E-state index contributed by atoms with van der Waals surface area (Å²) >= 11 is 0. The van der Waals surface area contributed by atoms with Gasteiger partial charge in [0.05, 0.1) is 17.9 Å². The molecule has 1 aromatic carbocycles. The fourth-order valence-electron chi connectivity index (χ4n) is 2.15. The van der Waals surface area contributed by atoms with Crippen LogP contribution < -0.4 is 15.8 Å². The average molecular weight is 286 g/mol. The van der Waals surface area contributed by atoms with E-state index in [9.17, 15) is 4.79 Å². The Bertz CT molecular complexity index is 620. The Kier molecular flexibility index (Phi) is 3.77. The maximum Gasteiger partial charge on any atom is 0.274 e. The van der Waals surface area contributed by atoms with Gasteiger partial charge in [-0.25, -0.2) is 0 Å². The third-order valence-electron chi connectivity index (χ3n) is 3.43. The first kappa shape index (κ1) is 13.5. The average Bonchev–Trinajstić information content (AvgIpc) is 3.27. The summed E-state index contributed by atoms with van der Waals surface area (Å²) in [6, 6.07) is 9.47. The van der Waals surface area contributed by atoms with Gasteiger partial charge in [0.15, 0.2) is 5.69 Å². The Hall–Kier alpha value is -2.50. The molecular weight excluding hydrogens is 268 g/mol. The lowest BCUT2D eigenvalue weighted by Crippen LogP contribution is -2.29. The van der Waals surface area contributed by atoms with Gasteiger partial charge in [0.1, 0.15) is 12.4 Å². The van der Waals surface area contributed by atoms with Gasteiger partial charge in [-0.15, -0.1) is 0 Å². The van der Waals surface area contributed by atoms with E-state index in [0.717, 1.165) is 24.3 Å². The van der Waals surface area contributed by atoms with E-state index in [2.05, 4.69) is 15.5 Å². The van der Waals surface area contributed by atoms with Crippen molar-refractivity contribution in [3.05, 3.63) is 41.7 Å². The van der Waals surface area contributed by atoms with Crippen LogP contribution in [0.15, 0.2) is 30.3 Å². The van der Waals surface area contributed by atoms with Gasteiger partial charge in [-0.1, -0.05) is 18.2 Å². The zero-order valence-electron chi connectivity index (χ0n) is 11.6. The fraction of sp³-hybridized carbons (Fsp3) is 0.333. The van der Waals surface area contributed by atoms with Crippen LogP contribution in [0.5, 0.6) is 5.75 Å². The summed E-state index contributed by atoms with van der Waals surface area (Å²) in [5.41, 5.74) is 7.59. The molecule has 1 aromatic heterocycles. The Morgan fingerprint density at radius 2 is 2.14 bits per heavy atom. The molecule has 0 bridgehead atoms. The van der Waals surface area contributed by atoms with E-state index in [4.69, 9.17) is 10.5 Å². The number of rotatable bonds is 6. The van der Waals surface area contributed by atoms with Gasteiger partial charge in [0.2, 0.25) is 0 Å². The molecule has 6 nitrogen and oxygen atoms in total. The number of aromatic amines is 1. The van der Waals surface area contributed by atoms with Crippen LogP contribution in [0.3, 0.4) is 0 Å². The molecule has 2 aromatic rings. The Labute approximate surface area is 122 Å². The van der Waals surface area contributed by atoms with Gasteiger partial charge in [0, 0.05) is 5.92 Å². The number of carbonyl (C=O) groups is 1. The highest BCUT2D eigenvalue weighted by molar-refractivity contribution is 5.97. The SMILES string of the molecule is Nc1c(C(=O)NCCOc2ccccc2)n[nH]c1C1CC1. The lowest BCUT2D eigenvalue weighted by molar-refractivity contribution is 0.0943. The third kappa shape index (κ3) is 3.16. The number of nitrogens with one attached hydrogen (secondary N) is 2.